The lowest BCUT2D eigenvalue weighted by atomic mass is 10.2. The fourth-order valence-electron chi connectivity index (χ4n) is 2.48. The van der Waals surface area contributed by atoms with Crippen LogP contribution in [-0.4, -0.2) is 15.5 Å². The Labute approximate surface area is 162 Å². The number of aryl methyl sites for hydroxylation is 1. The van der Waals surface area contributed by atoms with E-state index in [1.165, 1.54) is 6.08 Å². The van der Waals surface area contributed by atoms with Crippen molar-refractivity contribution >= 4 is 35.2 Å². The summed E-state index contributed by atoms with van der Waals surface area (Å²) in [6, 6.07) is 13.1. The molecule has 1 aromatic heterocycles. The largest absolute Gasteiger partial charge is 0.348 e. The summed E-state index contributed by atoms with van der Waals surface area (Å²) >= 11 is 11.9. The molecule has 4 nitrogen and oxygen atoms in total. The smallest absolute Gasteiger partial charge is 0.244 e. The molecule has 26 heavy (non-hydrogen) atoms. The molecule has 0 saturated heterocycles. The standard InChI is InChI=1S/C20H17Cl2N3O/c1-14-23-10-11-25(14)18-7-2-15(3-8-18)13-24-20(26)9-5-16-4-6-17(21)12-19(16)22/h2-12H,13H2,1H3,(H,24,26)/b9-5+. The molecule has 0 spiro atoms. The number of nitrogens with zero attached hydrogens (tertiary/aromatic N) is 2. The maximum Gasteiger partial charge on any atom is 0.244 e. The van der Waals surface area contributed by atoms with Crippen molar-refractivity contribution in [3.63, 3.8) is 0 Å². The lowest BCUT2D eigenvalue weighted by Crippen LogP contribution is -2.20. The van der Waals surface area contributed by atoms with E-state index in [-0.39, 0.29) is 5.91 Å². The van der Waals surface area contributed by atoms with Crippen LogP contribution in [0.15, 0.2) is 60.9 Å². The van der Waals surface area contributed by atoms with Crippen molar-refractivity contribution in [2.45, 2.75) is 13.5 Å². The van der Waals surface area contributed by atoms with E-state index in [4.69, 9.17) is 23.2 Å². The predicted molar refractivity (Wildman–Crippen MR) is 106 cm³/mol. The highest BCUT2D eigenvalue weighted by atomic mass is 35.5. The number of nitrogens with one attached hydrogen (secondary N) is 1. The summed E-state index contributed by atoms with van der Waals surface area (Å²) in [5.41, 5.74) is 2.79. The molecule has 0 aliphatic heterocycles. The molecule has 0 aliphatic rings. The highest BCUT2D eigenvalue weighted by Gasteiger charge is 2.02. The Morgan fingerprint density at radius 1 is 1.19 bits per heavy atom. The molecule has 3 aromatic rings. The van der Waals surface area contributed by atoms with Crippen LogP contribution in [0.2, 0.25) is 10.0 Å². The normalized spacial score (nSPS) is 11.0. The Morgan fingerprint density at radius 2 is 1.96 bits per heavy atom. The van der Waals surface area contributed by atoms with E-state index in [2.05, 4.69) is 10.3 Å². The molecule has 0 aliphatic carbocycles. The maximum atomic E-state index is 12.0. The predicted octanol–water partition coefficient (Wildman–Crippen LogP) is 4.82. The summed E-state index contributed by atoms with van der Waals surface area (Å²) in [6.45, 7) is 2.40. The van der Waals surface area contributed by atoms with Crippen molar-refractivity contribution in [3.8, 4) is 5.69 Å². The lowest BCUT2D eigenvalue weighted by molar-refractivity contribution is -0.116. The van der Waals surface area contributed by atoms with Gasteiger partial charge in [0.2, 0.25) is 5.91 Å². The van der Waals surface area contributed by atoms with E-state index in [1.54, 1.807) is 30.5 Å². The van der Waals surface area contributed by atoms with Crippen LogP contribution in [-0.2, 0) is 11.3 Å². The van der Waals surface area contributed by atoms with Crippen molar-refractivity contribution in [1.82, 2.24) is 14.9 Å². The summed E-state index contributed by atoms with van der Waals surface area (Å²) < 4.78 is 2.00. The third-order valence-corrected chi connectivity index (χ3v) is 4.45. The molecule has 1 amide bonds. The minimum Gasteiger partial charge on any atom is -0.348 e. The quantitative estimate of drug-likeness (QED) is 0.640. The fraction of sp³-hybridized carbons (Fsp3) is 0.100. The number of amides is 1. The summed E-state index contributed by atoms with van der Waals surface area (Å²) in [6.07, 6.45) is 6.80. The van der Waals surface area contributed by atoms with E-state index < -0.39 is 0 Å². The number of aromatic nitrogens is 2. The Kier molecular flexibility index (Phi) is 5.76. The molecule has 0 bridgehead atoms. The zero-order valence-corrected chi connectivity index (χ0v) is 15.6. The maximum absolute atomic E-state index is 12.0. The van der Waals surface area contributed by atoms with Gasteiger partial charge in [-0.2, -0.15) is 0 Å². The summed E-state index contributed by atoms with van der Waals surface area (Å²) in [7, 11) is 0. The van der Waals surface area contributed by atoms with Gasteiger partial charge in [-0.3, -0.25) is 4.79 Å². The van der Waals surface area contributed by atoms with Crippen molar-refractivity contribution in [1.29, 1.82) is 0 Å². The average Bonchev–Trinajstić information content (AvgIpc) is 3.05. The van der Waals surface area contributed by atoms with Gasteiger partial charge >= 0.3 is 0 Å². The van der Waals surface area contributed by atoms with Crippen LogP contribution in [0.4, 0.5) is 0 Å². The zero-order chi connectivity index (χ0) is 18.5. The molecule has 132 valence electrons. The second-order valence-electron chi connectivity index (χ2n) is 5.73. The van der Waals surface area contributed by atoms with Gasteiger partial charge in [0.1, 0.15) is 5.82 Å². The molecular weight excluding hydrogens is 369 g/mol. The first-order chi connectivity index (χ1) is 12.5. The van der Waals surface area contributed by atoms with Crippen molar-refractivity contribution in [2.75, 3.05) is 0 Å². The Balaban J connectivity index is 1.57. The van der Waals surface area contributed by atoms with Crippen molar-refractivity contribution < 1.29 is 4.79 Å². The second kappa shape index (κ2) is 8.21. The van der Waals surface area contributed by atoms with Crippen LogP contribution in [0.5, 0.6) is 0 Å². The van der Waals surface area contributed by atoms with Gasteiger partial charge in [0.05, 0.1) is 0 Å². The first-order valence-corrected chi connectivity index (χ1v) is 8.79. The Hall–Kier alpha value is -2.56. The molecule has 0 atom stereocenters. The summed E-state index contributed by atoms with van der Waals surface area (Å²) in [4.78, 5) is 16.2. The van der Waals surface area contributed by atoms with E-state index >= 15 is 0 Å². The molecular formula is C20H17Cl2N3O. The van der Waals surface area contributed by atoms with E-state index in [0.717, 1.165) is 22.6 Å². The molecule has 3 rings (SSSR count). The van der Waals surface area contributed by atoms with Crippen LogP contribution in [0.3, 0.4) is 0 Å². The number of halogens is 2. The van der Waals surface area contributed by atoms with E-state index in [0.29, 0.717) is 16.6 Å². The highest BCUT2D eigenvalue weighted by molar-refractivity contribution is 6.35. The van der Waals surface area contributed by atoms with Gasteiger partial charge < -0.3 is 9.88 Å². The number of rotatable bonds is 5. The average molecular weight is 386 g/mol. The van der Waals surface area contributed by atoms with Gasteiger partial charge in [-0.1, -0.05) is 41.4 Å². The second-order valence-corrected chi connectivity index (χ2v) is 6.57. The van der Waals surface area contributed by atoms with Crippen LogP contribution in [0.1, 0.15) is 17.0 Å². The van der Waals surface area contributed by atoms with Gasteiger partial charge in [0.15, 0.2) is 0 Å². The van der Waals surface area contributed by atoms with E-state index in [9.17, 15) is 4.79 Å². The number of carbonyl (C=O) groups excluding carboxylic acids is 1. The number of hydrogen-bond acceptors (Lipinski definition) is 2. The number of imidazole rings is 1. The third-order valence-electron chi connectivity index (χ3n) is 3.88. The van der Waals surface area contributed by atoms with Gasteiger partial charge in [0, 0.05) is 40.7 Å². The number of hydrogen-bond donors (Lipinski definition) is 1. The lowest BCUT2D eigenvalue weighted by Gasteiger charge is -2.07. The molecule has 0 unspecified atom stereocenters. The first kappa shape index (κ1) is 18.2. The van der Waals surface area contributed by atoms with Crippen LogP contribution in [0, 0.1) is 6.92 Å². The summed E-state index contributed by atoms with van der Waals surface area (Å²) in [5.74, 6) is 0.739. The van der Waals surface area contributed by atoms with Crippen LogP contribution < -0.4 is 5.32 Å². The molecule has 1 N–H and O–H groups in total. The van der Waals surface area contributed by atoms with Gasteiger partial charge in [-0.05, 0) is 48.4 Å². The minimum atomic E-state index is -0.189. The van der Waals surface area contributed by atoms with Crippen LogP contribution >= 0.6 is 23.2 Å². The molecule has 2 aromatic carbocycles. The minimum absolute atomic E-state index is 0.189. The molecule has 0 radical (unpaired) electrons. The summed E-state index contributed by atoms with van der Waals surface area (Å²) in [5, 5.41) is 3.92. The molecule has 0 saturated carbocycles. The Bertz CT molecular complexity index is 946. The first-order valence-electron chi connectivity index (χ1n) is 8.03. The molecule has 1 heterocycles. The van der Waals surface area contributed by atoms with Crippen molar-refractivity contribution in [2.24, 2.45) is 0 Å². The third kappa shape index (κ3) is 4.54. The SMILES string of the molecule is Cc1nccn1-c1ccc(CNC(=O)/C=C/c2ccc(Cl)cc2Cl)cc1. The number of carbonyl (C=O) groups is 1. The monoisotopic (exact) mass is 385 g/mol. The van der Waals surface area contributed by atoms with E-state index in [1.807, 2.05) is 42.0 Å². The van der Waals surface area contributed by atoms with Crippen molar-refractivity contribution in [3.05, 3.63) is 87.9 Å². The topological polar surface area (TPSA) is 46.9 Å². The zero-order valence-electron chi connectivity index (χ0n) is 14.1. The van der Waals surface area contributed by atoms with Gasteiger partial charge in [-0.25, -0.2) is 4.98 Å². The number of benzene rings is 2. The fourth-order valence-corrected chi connectivity index (χ4v) is 2.95. The molecule has 0 fully saturated rings. The molecule has 6 heteroatoms. The van der Waals surface area contributed by atoms with Gasteiger partial charge in [0.25, 0.3) is 0 Å². The Morgan fingerprint density at radius 3 is 2.62 bits per heavy atom. The van der Waals surface area contributed by atoms with Crippen LogP contribution in [0.25, 0.3) is 11.8 Å². The van der Waals surface area contributed by atoms with Gasteiger partial charge in [-0.15, -0.1) is 0 Å². The highest BCUT2D eigenvalue weighted by Crippen LogP contribution is 2.21.